The number of carbonyl (C=O) groups is 9. The summed E-state index contributed by atoms with van der Waals surface area (Å²) >= 11 is 2.43. The fourth-order valence-corrected chi connectivity index (χ4v) is 9.20. The van der Waals surface area contributed by atoms with E-state index in [1.807, 2.05) is 27.7 Å². The highest BCUT2D eigenvalue weighted by Crippen LogP contribution is 2.31. The molecular formula is C55H89N9O14S2. The van der Waals surface area contributed by atoms with Gasteiger partial charge in [-0.25, -0.2) is 4.98 Å². The molecule has 1 aromatic heterocycles. The summed E-state index contributed by atoms with van der Waals surface area (Å²) in [7, 11) is 6.79. The van der Waals surface area contributed by atoms with Crippen LogP contribution in [-0.2, 0) is 59.0 Å². The Morgan fingerprint density at radius 1 is 0.825 bits per heavy atom. The third kappa shape index (κ3) is 25.3. The van der Waals surface area contributed by atoms with Crippen LogP contribution in [0.2, 0.25) is 0 Å². The number of nitrogens with one attached hydrogen (secondary N) is 6. The normalized spacial score (nSPS) is 14.1. The number of unbranched alkanes of at least 4 members (excludes halogenated alkanes) is 1. The van der Waals surface area contributed by atoms with Gasteiger partial charge < -0.3 is 60.9 Å². The van der Waals surface area contributed by atoms with Crippen molar-refractivity contribution in [1.82, 2.24) is 46.7 Å². The van der Waals surface area contributed by atoms with Crippen LogP contribution in [0.25, 0.3) is 0 Å². The average molecular weight is 1160 g/mol. The van der Waals surface area contributed by atoms with Crippen LogP contribution >= 0.6 is 23.1 Å². The first-order valence-corrected chi connectivity index (χ1v) is 29.3. The molecule has 7 amide bonds. The number of hydrogen-bond donors (Lipinski definition) is 7. The van der Waals surface area contributed by atoms with Crippen LogP contribution in [-0.4, -0.2) is 189 Å². The number of carboxylic acids is 1. The van der Waals surface area contributed by atoms with Crippen molar-refractivity contribution in [2.75, 3.05) is 86.3 Å². The molecule has 450 valence electrons. The molecule has 3 unspecified atom stereocenters. The van der Waals surface area contributed by atoms with Crippen molar-refractivity contribution in [3.8, 4) is 5.75 Å². The Labute approximate surface area is 480 Å². The van der Waals surface area contributed by atoms with Crippen LogP contribution in [0.15, 0.2) is 29.6 Å². The van der Waals surface area contributed by atoms with Crippen LogP contribution in [0, 0.1) is 17.8 Å². The molecule has 0 aliphatic heterocycles. The van der Waals surface area contributed by atoms with Gasteiger partial charge in [-0.2, -0.15) is 11.8 Å². The molecule has 0 radical (unpaired) electrons. The second-order valence-corrected chi connectivity index (χ2v) is 22.6. The number of esters is 1. The van der Waals surface area contributed by atoms with Crippen molar-refractivity contribution < 1.29 is 67.2 Å². The number of aliphatic carboxylic acids is 1. The van der Waals surface area contributed by atoms with Crippen molar-refractivity contribution in [3.63, 3.8) is 0 Å². The number of nitrogens with zero attached hydrogens (tertiary/aromatic N) is 3. The SMILES string of the molecule is CCC(C)[C@H](NC(=O)C(C)(C)N(C)C)C(=O)N(C)[C@H](C[C@@H](OC(C)=O)c1nc(C(=O)N[C@@H](Cc2ccc(OCC(=O)NCCNC(=O)C(CCCCNC(=O)COCCOC)NC(=O)CSC)cc2)CC(C)C(=O)O)cs1)C(C)C. The van der Waals surface area contributed by atoms with Crippen molar-refractivity contribution >= 4 is 76.4 Å². The first-order chi connectivity index (χ1) is 37.7. The van der Waals surface area contributed by atoms with Gasteiger partial charge in [0.05, 0.1) is 30.4 Å². The largest absolute Gasteiger partial charge is 0.484 e. The zero-order chi connectivity index (χ0) is 60.1. The van der Waals surface area contributed by atoms with Gasteiger partial charge in [0.15, 0.2) is 12.7 Å². The maximum absolute atomic E-state index is 14.3. The minimum absolute atomic E-state index is 0.0275. The minimum atomic E-state index is -1.04. The minimum Gasteiger partial charge on any atom is -0.484 e. The van der Waals surface area contributed by atoms with Gasteiger partial charge >= 0.3 is 11.9 Å². The summed E-state index contributed by atoms with van der Waals surface area (Å²) < 4.78 is 21.6. The van der Waals surface area contributed by atoms with Gasteiger partial charge in [0.25, 0.3) is 11.8 Å². The number of likely N-dealkylation sites (N-methyl/N-ethyl adjacent to an activating group) is 2. The highest BCUT2D eigenvalue weighted by Gasteiger charge is 2.39. The number of thiazole rings is 1. The van der Waals surface area contributed by atoms with Gasteiger partial charge in [-0.3, -0.25) is 48.1 Å². The van der Waals surface area contributed by atoms with Crippen LogP contribution < -0.4 is 36.6 Å². The molecule has 7 atom stereocenters. The van der Waals surface area contributed by atoms with Crippen molar-refractivity contribution in [2.24, 2.45) is 17.8 Å². The molecule has 0 saturated carbocycles. The topological polar surface area (TPSA) is 302 Å². The van der Waals surface area contributed by atoms with E-state index >= 15 is 0 Å². The van der Waals surface area contributed by atoms with Crippen molar-refractivity contribution in [2.45, 2.75) is 136 Å². The Morgan fingerprint density at radius 3 is 2.08 bits per heavy atom. The number of hydrogen-bond acceptors (Lipinski definition) is 17. The summed E-state index contributed by atoms with van der Waals surface area (Å²) in [6, 6.07) is 3.98. The molecule has 1 heterocycles. The fourth-order valence-electron chi connectivity index (χ4n) is 8.02. The van der Waals surface area contributed by atoms with E-state index in [9.17, 15) is 48.3 Å². The van der Waals surface area contributed by atoms with E-state index < -0.39 is 71.4 Å². The van der Waals surface area contributed by atoms with Crippen LogP contribution in [0.4, 0.5) is 0 Å². The maximum Gasteiger partial charge on any atom is 0.306 e. The Kier molecular flexibility index (Phi) is 32.0. The van der Waals surface area contributed by atoms with E-state index in [0.29, 0.717) is 56.2 Å². The van der Waals surface area contributed by atoms with E-state index in [1.54, 1.807) is 82.2 Å². The van der Waals surface area contributed by atoms with Gasteiger partial charge in [-0.05, 0) is 95.8 Å². The van der Waals surface area contributed by atoms with Crippen LogP contribution in [0.3, 0.4) is 0 Å². The Balaban J connectivity index is 2.08. The lowest BCUT2D eigenvalue weighted by molar-refractivity contribution is -0.149. The number of amides is 7. The number of thioether (sulfide) groups is 1. The summed E-state index contributed by atoms with van der Waals surface area (Å²) in [4.78, 5) is 124. The molecule has 0 fully saturated rings. The highest BCUT2D eigenvalue weighted by atomic mass is 32.2. The second-order valence-electron chi connectivity index (χ2n) is 20.8. The Morgan fingerprint density at radius 2 is 1.48 bits per heavy atom. The Hall–Kier alpha value is -5.89. The molecule has 23 nitrogen and oxygen atoms in total. The fraction of sp³-hybridized carbons (Fsp3) is 0.673. The number of ether oxygens (including phenoxy) is 4. The third-order valence-corrected chi connectivity index (χ3v) is 15.1. The molecule has 25 heteroatoms. The summed E-state index contributed by atoms with van der Waals surface area (Å²) in [6.07, 6.45) is 3.37. The molecule has 7 N–H and O–H groups in total. The van der Waals surface area contributed by atoms with Crippen LogP contribution in [0.5, 0.6) is 5.75 Å². The van der Waals surface area contributed by atoms with Crippen molar-refractivity contribution in [1.29, 1.82) is 0 Å². The van der Waals surface area contributed by atoms with Gasteiger partial charge in [0.1, 0.15) is 35.1 Å². The molecule has 0 spiro atoms. The molecule has 80 heavy (non-hydrogen) atoms. The van der Waals surface area contributed by atoms with Crippen molar-refractivity contribution in [3.05, 3.63) is 45.9 Å². The summed E-state index contributed by atoms with van der Waals surface area (Å²) in [5.74, 6) is -4.80. The van der Waals surface area contributed by atoms with Gasteiger partial charge in [-0.1, -0.05) is 53.2 Å². The number of carbonyl (C=O) groups excluding carboxylic acids is 8. The number of rotatable bonds is 39. The van der Waals surface area contributed by atoms with E-state index in [4.69, 9.17) is 18.9 Å². The first kappa shape index (κ1) is 70.2. The van der Waals surface area contributed by atoms with Gasteiger partial charge in [0, 0.05) is 64.6 Å². The number of aromatic nitrogens is 1. The molecule has 2 rings (SSSR count). The lowest BCUT2D eigenvalue weighted by Crippen LogP contribution is -2.60. The monoisotopic (exact) mass is 1160 g/mol. The predicted molar refractivity (Wildman–Crippen MR) is 306 cm³/mol. The average Bonchev–Trinajstić information content (AvgIpc) is 3.91. The summed E-state index contributed by atoms with van der Waals surface area (Å²) in [6.45, 7) is 14.9. The predicted octanol–water partition coefficient (Wildman–Crippen LogP) is 3.35. The third-order valence-electron chi connectivity index (χ3n) is 13.6. The standard InChI is InChI=1S/C55H89N9O14S2/c1-14-35(4)48(62-54(74)55(7,8)63(9)10)52(71)64(11)43(34(2)3)29-44(78-37(6)65)51-61-42(32-80-51)50(70)59-39(27-36(5)53(72)73)28-38-18-20-40(21-19-38)77-31-46(67)57-23-24-58-49(69)41(60-47(68)33-79-13)17-15-16-22-56-45(66)30-76-26-25-75-12/h18-21,32,34-36,39,41,43-44,48H,14-17,22-31,33H2,1-13H3,(H,56,66)(H,57,67)(H,58,69)(H,59,70)(H,60,68)(H,62,74)(H,72,73)/t35?,36?,39-,41?,43-,44-,48+/m1/s1. The summed E-state index contributed by atoms with van der Waals surface area (Å²) in [5.41, 5.74) is -0.125. The number of benzene rings is 1. The lowest BCUT2D eigenvalue weighted by Gasteiger charge is -2.38. The van der Waals surface area contributed by atoms with Crippen LogP contribution in [0.1, 0.15) is 121 Å². The molecule has 0 aliphatic carbocycles. The van der Waals surface area contributed by atoms with E-state index in [1.165, 1.54) is 31.2 Å². The second kappa shape index (κ2) is 36.5. The molecular weight excluding hydrogens is 1070 g/mol. The van der Waals surface area contributed by atoms with E-state index in [2.05, 4.69) is 36.9 Å². The lowest BCUT2D eigenvalue weighted by atomic mass is 9.92. The Bertz CT molecular complexity index is 2300. The number of carboxylic acid groups (broad SMARTS) is 1. The molecule has 2 aromatic rings. The van der Waals surface area contributed by atoms with E-state index in [0.717, 1.165) is 16.9 Å². The zero-order valence-corrected chi connectivity index (χ0v) is 50.7. The smallest absolute Gasteiger partial charge is 0.306 e. The molecule has 0 bridgehead atoms. The zero-order valence-electron chi connectivity index (χ0n) is 49.0. The van der Waals surface area contributed by atoms with E-state index in [-0.39, 0.29) is 92.5 Å². The highest BCUT2D eigenvalue weighted by molar-refractivity contribution is 7.99. The van der Waals surface area contributed by atoms with Gasteiger partial charge in [0.2, 0.25) is 29.5 Å². The van der Waals surface area contributed by atoms with Gasteiger partial charge in [-0.15, -0.1) is 11.3 Å². The number of methoxy groups -OCH3 is 1. The molecule has 0 saturated heterocycles. The first-order valence-electron chi connectivity index (χ1n) is 27.0. The molecule has 0 aliphatic rings. The quantitative estimate of drug-likeness (QED) is 0.0373. The molecule has 1 aromatic carbocycles. The maximum atomic E-state index is 14.3. The summed E-state index contributed by atoms with van der Waals surface area (Å²) in [5, 5.41) is 28.5.